The zero-order valence-corrected chi connectivity index (χ0v) is 16.6. The van der Waals surface area contributed by atoms with Gasteiger partial charge in [0.2, 0.25) is 0 Å². The van der Waals surface area contributed by atoms with Gasteiger partial charge in [0.25, 0.3) is 0 Å². The summed E-state index contributed by atoms with van der Waals surface area (Å²) in [6, 6.07) is 10.7. The molecular weight excluding hydrogens is 336 g/mol. The lowest BCUT2D eigenvalue weighted by molar-refractivity contribution is 0.172. The fraction of sp³-hybridized carbons (Fsp3) is 0.524. The van der Waals surface area contributed by atoms with Crippen LogP contribution in [0.1, 0.15) is 24.5 Å². The van der Waals surface area contributed by atoms with Crippen LogP contribution in [0.2, 0.25) is 0 Å². The van der Waals surface area contributed by atoms with Crippen LogP contribution in [0, 0.1) is 6.92 Å². The van der Waals surface area contributed by atoms with Gasteiger partial charge in [0, 0.05) is 58.6 Å². The molecule has 0 spiro atoms. The minimum Gasteiger partial charge on any atom is -0.357 e. The summed E-state index contributed by atoms with van der Waals surface area (Å²) in [5.74, 6) is 1.05. The maximum absolute atomic E-state index is 4.84. The van der Waals surface area contributed by atoms with Gasteiger partial charge in [-0.25, -0.2) is 0 Å². The van der Waals surface area contributed by atoms with Gasteiger partial charge in [-0.1, -0.05) is 30.3 Å². The topological polar surface area (TPSA) is 48.7 Å². The van der Waals surface area contributed by atoms with Crippen LogP contribution < -0.4 is 5.32 Å². The molecule has 1 aliphatic heterocycles. The van der Waals surface area contributed by atoms with Crippen LogP contribution in [0.15, 0.2) is 47.7 Å². The number of aryl methyl sites for hydroxylation is 2. The third kappa shape index (κ3) is 6.10. The van der Waals surface area contributed by atoms with Crippen molar-refractivity contribution in [2.75, 3.05) is 39.3 Å². The van der Waals surface area contributed by atoms with E-state index in [1.807, 2.05) is 10.9 Å². The Balaban J connectivity index is 1.45. The maximum Gasteiger partial charge on any atom is 0.194 e. The first kappa shape index (κ1) is 19.4. The van der Waals surface area contributed by atoms with E-state index in [0.29, 0.717) is 0 Å². The van der Waals surface area contributed by atoms with Crippen LogP contribution in [0.5, 0.6) is 0 Å². The van der Waals surface area contributed by atoms with Crippen molar-refractivity contribution in [3.63, 3.8) is 0 Å². The molecular formula is C21H32N6. The first-order valence-corrected chi connectivity index (χ1v) is 10.0. The van der Waals surface area contributed by atoms with Crippen molar-refractivity contribution < 1.29 is 0 Å². The van der Waals surface area contributed by atoms with Gasteiger partial charge in [0.05, 0.1) is 6.20 Å². The third-order valence-corrected chi connectivity index (χ3v) is 4.82. The molecule has 1 aromatic carbocycles. The van der Waals surface area contributed by atoms with Crippen molar-refractivity contribution in [2.24, 2.45) is 4.99 Å². The predicted octanol–water partition coefficient (Wildman–Crippen LogP) is 2.36. The van der Waals surface area contributed by atoms with E-state index in [-0.39, 0.29) is 0 Å². The summed E-state index contributed by atoms with van der Waals surface area (Å²) in [5.41, 5.74) is 2.60. The van der Waals surface area contributed by atoms with E-state index in [0.717, 1.165) is 64.7 Å². The lowest BCUT2D eigenvalue weighted by Gasteiger charge is -2.36. The highest BCUT2D eigenvalue weighted by atomic mass is 15.3. The van der Waals surface area contributed by atoms with Gasteiger partial charge >= 0.3 is 0 Å². The summed E-state index contributed by atoms with van der Waals surface area (Å²) in [6.07, 6.45) is 4.99. The highest BCUT2D eigenvalue weighted by Crippen LogP contribution is 2.08. The molecule has 0 bridgehead atoms. The average molecular weight is 369 g/mol. The van der Waals surface area contributed by atoms with E-state index in [1.54, 1.807) is 0 Å². The molecule has 1 saturated heterocycles. The maximum atomic E-state index is 4.84. The van der Waals surface area contributed by atoms with Crippen molar-refractivity contribution in [1.29, 1.82) is 0 Å². The second kappa shape index (κ2) is 10.1. The van der Waals surface area contributed by atoms with Crippen LogP contribution in [-0.4, -0.2) is 64.8 Å². The Hall–Kier alpha value is -2.34. The summed E-state index contributed by atoms with van der Waals surface area (Å²) in [7, 11) is 0. The summed E-state index contributed by atoms with van der Waals surface area (Å²) in [5, 5.41) is 7.79. The Bertz CT molecular complexity index is 700. The Morgan fingerprint density at radius 2 is 1.93 bits per heavy atom. The van der Waals surface area contributed by atoms with E-state index < -0.39 is 0 Å². The Morgan fingerprint density at radius 1 is 1.15 bits per heavy atom. The number of guanidine groups is 1. The number of nitrogens with one attached hydrogen (secondary N) is 1. The molecule has 2 aromatic rings. The fourth-order valence-electron chi connectivity index (χ4n) is 3.39. The van der Waals surface area contributed by atoms with Gasteiger partial charge in [0.15, 0.2) is 5.96 Å². The van der Waals surface area contributed by atoms with Gasteiger partial charge < -0.3 is 10.2 Å². The molecule has 2 heterocycles. The van der Waals surface area contributed by atoms with E-state index in [1.165, 1.54) is 11.1 Å². The molecule has 6 nitrogen and oxygen atoms in total. The Morgan fingerprint density at radius 3 is 2.59 bits per heavy atom. The number of aliphatic imine (C=N–C) groups is 1. The van der Waals surface area contributed by atoms with Crippen molar-refractivity contribution >= 4 is 5.96 Å². The molecule has 0 saturated carbocycles. The van der Waals surface area contributed by atoms with Crippen molar-refractivity contribution in [2.45, 2.75) is 33.4 Å². The number of benzene rings is 1. The predicted molar refractivity (Wildman–Crippen MR) is 111 cm³/mol. The summed E-state index contributed by atoms with van der Waals surface area (Å²) in [6.45, 7) is 12.1. The molecule has 6 heteroatoms. The molecule has 3 rings (SSSR count). The first-order valence-electron chi connectivity index (χ1n) is 10.0. The molecule has 1 aromatic heterocycles. The quantitative estimate of drug-likeness (QED) is 0.463. The number of hydrogen-bond donors (Lipinski definition) is 1. The molecule has 1 N–H and O–H groups in total. The zero-order chi connectivity index (χ0) is 18.9. The molecule has 1 aliphatic rings. The van der Waals surface area contributed by atoms with Crippen LogP contribution >= 0.6 is 0 Å². The van der Waals surface area contributed by atoms with Crippen LogP contribution in [0.4, 0.5) is 0 Å². The average Bonchev–Trinajstić information content (AvgIpc) is 3.11. The van der Waals surface area contributed by atoms with Crippen LogP contribution in [0.25, 0.3) is 0 Å². The summed E-state index contributed by atoms with van der Waals surface area (Å²) >= 11 is 0. The fourth-order valence-corrected chi connectivity index (χ4v) is 3.39. The second-order valence-corrected chi connectivity index (χ2v) is 7.12. The normalized spacial score (nSPS) is 15.9. The number of aromatic nitrogens is 2. The minimum atomic E-state index is 0.825. The largest absolute Gasteiger partial charge is 0.357 e. The van der Waals surface area contributed by atoms with Gasteiger partial charge in [-0.2, -0.15) is 5.10 Å². The minimum absolute atomic E-state index is 0.825. The van der Waals surface area contributed by atoms with Crippen molar-refractivity contribution in [1.82, 2.24) is 24.9 Å². The standard InChI is InChI=1S/C21H32N6/c1-3-22-21(23-10-7-11-27-17-19(2)16-24-27)26-14-12-25(13-15-26)18-20-8-5-4-6-9-20/h4-6,8-9,16-17H,3,7,10-15,18H2,1-2H3,(H,22,23). The molecule has 0 aliphatic carbocycles. The zero-order valence-electron chi connectivity index (χ0n) is 16.6. The van der Waals surface area contributed by atoms with Crippen molar-refractivity contribution in [3.8, 4) is 0 Å². The van der Waals surface area contributed by atoms with Gasteiger partial charge in [-0.05, 0) is 31.4 Å². The lowest BCUT2D eigenvalue weighted by atomic mass is 10.2. The number of rotatable bonds is 7. The van der Waals surface area contributed by atoms with E-state index >= 15 is 0 Å². The molecule has 0 unspecified atom stereocenters. The summed E-state index contributed by atoms with van der Waals surface area (Å²) < 4.78 is 2.00. The van der Waals surface area contributed by atoms with E-state index in [4.69, 9.17) is 4.99 Å². The lowest BCUT2D eigenvalue weighted by Crippen LogP contribution is -2.52. The van der Waals surface area contributed by atoms with Gasteiger partial charge in [-0.15, -0.1) is 0 Å². The monoisotopic (exact) mass is 368 g/mol. The molecule has 0 amide bonds. The van der Waals surface area contributed by atoms with Crippen LogP contribution in [0.3, 0.4) is 0 Å². The number of hydrogen-bond acceptors (Lipinski definition) is 3. The van der Waals surface area contributed by atoms with Crippen molar-refractivity contribution in [3.05, 3.63) is 53.9 Å². The first-order chi connectivity index (χ1) is 13.2. The van der Waals surface area contributed by atoms with E-state index in [9.17, 15) is 0 Å². The third-order valence-electron chi connectivity index (χ3n) is 4.82. The molecule has 27 heavy (non-hydrogen) atoms. The summed E-state index contributed by atoms with van der Waals surface area (Å²) in [4.78, 5) is 9.76. The highest BCUT2D eigenvalue weighted by molar-refractivity contribution is 5.80. The SMILES string of the molecule is CCNC(=NCCCn1cc(C)cn1)N1CCN(Cc2ccccc2)CC1. The second-order valence-electron chi connectivity index (χ2n) is 7.12. The van der Waals surface area contributed by atoms with Crippen LogP contribution in [-0.2, 0) is 13.1 Å². The van der Waals surface area contributed by atoms with Gasteiger partial charge in [-0.3, -0.25) is 14.6 Å². The highest BCUT2D eigenvalue weighted by Gasteiger charge is 2.19. The molecule has 0 radical (unpaired) electrons. The smallest absolute Gasteiger partial charge is 0.194 e. The number of nitrogens with zero attached hydrogens (tertiary/aromatic N) is 5. The molecule has 146 valence electrons. The Kier molecular flexibility index (Phi) is 7.27. The molecule has 0 atom stereocenters. The van der Waals surface area contributed by atoms with Gasteiger partial charge in [0.1, 0.15) is 0 Å². The van der Waals surface area contributed by atoms with E-state index in [2.05, 4.69) is 70.6 Å². The molecule has 1 fully saturated rings. The Labute approximate surface area is 162 Å². The number of piperazine rings is 1.